The maximum atomic E-state index is 12.4. The summed E-state index contributed by atoms with van der Waals surface area (Å²) in [7, 11) is 1.62. The second-order valence-corrected chi connectivity index (χ2v) is 5.55. The Balaban J connectivity index is 2.00. The van der Waals surface area contributed by atoms with Crippen LogP contribution >= 0.6 is 0 Å². The van der Waals surface area contributed by atoms with Crippen LogP contribution in [0.3, 0.4) is 0 Å². The highest BCUT2D eigenvalue weighted by atomic mass is 16.5. The lowest BCUT2D eigenvalue weighted by molar-refractivity contribution is -0.136. The van der Waals surface area contributed by atoms with Crippen LogP contribution in [0.1, 0.15) is 39.5 Å². The zero-order valence-electron chi connectivity index (χ0n) is 12.4. The van der Waals surface area contributed by atoms with Crippen LogP contribution in [0.25, 0.3) is 0 Å². The average molecular weight is 277 g/mol. The second kappa shape index (κ2) is 6.27. The average Bonchev–Trinajstić information content (AvgIpc) is 2.90. The number of nitrogens with one attached hydrogen (secondary N) is 1. The van der Waals surface area contributed by atoms with E-state index in [4.69, 9.17) is 9.47 Å². The maximum Gasteiger partial charge on any atom is 0.256 e. The van der Waals surface area contributed by atoms with Crippen molar-refractivity contribution >= 4 is 11.6 Å². The van der Waals surface area contributed by atoms with Gasteiger partial charge in [-0.25, -0.2) is 0 Å². The number of hydrogen-bond acceptors (Lipinski definition) is 3. The summed E-state index contributed by atoms with van der Waals surface area (Å²) in [4.78, 5) is 12.4. The van der Waals surface area contributed by atoms with Crippen LogP contribution in [-0.4, -0.2) is 24.7 Å². The van der Waals surface area contributed by atoms with Crippen LogP contribution in [0.2, 0.25) is 0 Å². The lowest BCUT2D eigenvalue weighted by Crippen LogP contribution is -2.42. The molecule has 0 bridgehead atoms. The van der Waals surface area contributed by atoms with Gasteiger partial charge in [-0.15, -0.1) is 0 Å². The molecule has 4 nitrogen and oxygen atoms in total. The van der Waals surface area contributed by atoms with Crippen molar-refractivity contribution in [3.8, 4) is 5.75 Å². The first-order chi connectivity index (χ1) is 9.55. The van der Waals surface area contributed by atoms with Crippen molar-refractivity contribution in [3.05, 3.63) is 24.3 Å². The molecule has 1 aliphatic rings. The van der Waals surface area contributed by atoms with Gasteiger partial charge in [-0.3, -0.25) is 4.79 Å². The Labute approximate surface area is 120 Å². The van der Waals surface area contributed by atoms with Crippen molar-refractivity contribution in [2.24, 2.45) is 0 Å². The van der Waals surface area contributed by atoms with E-state index in [1.54, 1.807) is 7.11 Å². The summed E-state index contributed by atoms with van der Waals surface area (Å²) >= 11 is 0. The first kappa shape index (κ1) is 14.9. The largest absolute Gasteiger partial charge is 0.491 e. The minimum absolute atomic E-state index is 0.0463. The summed E-state index contributed by atoms with van der Waals surface area (Å²) < 4.78 is 11.0. The van der Waals surface area contributed by atoms with E-state index in [1.807, 2.05) is 38.1 Å². The fraction of sp³-hybridized carbons (Fsp3) is 0.562. The van der Waals surface area contributed by atoms with Crippen molar-refractivity contribution in [1.29, 1.82) is 0 Å². The number of anilines is 1. The second-order valence-electron chi connectivity index (χ2n) is 5.55. The van der Waals surface area contributed by atoms with Gasteiger partial charge >= 0.3 is 0 Å². The summed E-state index contributed by atoms with van der Waals surface area (Å²) in [5, 5.41) is 2.94. The SMILES string of the molecule is COC1(C(=O)Nc2ccc(OC(C)C)cc2)CCCC1. The van der Waals surface area contributed by atoms with Gasteiger partial charge in [0.25, 0.3) is 5.91 Å². The molecule has 0 aliphatic heterocycles. The number of rotatable bonds is 5. The fourth-order valence-electron chi connectivity index (χ4n) is 2.60. The molecular weight excluding hydrogens is 254 g/mol. The topological polar surface area (TPSA) is 47.6 Å². The summed E-state index contributed by atoms with van der Waals surface area (Å²) in [5.74, 6) is 0.760. The Morgan fingerprint density at radius 1 is 1.20 bits per heavy atom. The molecule has 110 valence electrons. The smallest absolute Gasteiger partial charge is 0.256 e. The van der Waals surface area contributed by atoms with Gasteiger partial charge < -0.3 is 14.8 Å². The van der Waals surface area contributed by atoms with Crippen molar-refractivity contribution < 1.29 is 14.3 Å². The third-order valence-corrected chi connectivity index (χ3v) is 3.70. The van der Waals surface area contributed by atoms with Gasteiger partial charge in [-0.1, -0.05) is 0 Å². The van der Waals surface area contributed by atoms with Crippen molar-refractivity contribution in [1.82, 2.24) is 0 Å². The Morgan fingerprint density at radius 2 is 1.80 bits per heavy atom. The van der Waals surface area contributed by atoms with Gasteiger partial charge in [-0.05, 0) is 63.8 Å². The molecule has 0 atom stereocenters. The molecule has 0 radical (unpaired) electrons. The van der Waals surface area contributed by atoms with E-state index in [0.717, 1.165) is 37.1 Å². The van der Waals surface area contributed by atoms with Gasteiger partial charge in [0.1, 0.15) is 11.4 Å². The molecule has 1 aliphatic carbocycles. The molecule has 1 aromatic carbocycles. The predicted molar refractivity (Wildman–Crippen MR) is 79.0 cm³/mol. The minimum Gasteiger partial charge on any atom is -0.491 e. The highest BCUT2D eigenvalue weighted by Crippen LogP contribution is 2.33. The van der Waals surface area contributed by atoms with Crippen molar-refractivity contribution in [2.45, 2.75) is 51.2 Å². The summed E-state index contributed by atoms with van der Waals surface area (Å²) in [5.41, 5.74) is 0.127. The molecule has 1 N–H and O–H groups in total. The van der Waals surface area contributed by atoms with Crippen LogP contribution in [0, 0.1) is 0 Å². The molecule has 0 heterocycles. The maximum absolute atomic E-state index is 12.4. The Hall–Kier alpha value is -1.55. The van der Waals surface area contributed by atoms with Crippen molar-refractivity contribution in [2.75, 3.05) is 12.4 Å². The van der Waals surface area contributed by atoms with Gasteiger partial charge in [0.15, 0.2) is 0 Å². The number of methoxy groups -OCH3 is 1. The molecule has 0 aromatic heterocycles. The number of carbonyl (C=O) groups excluding carboxylic acids is 1. The number of ether oxygens (including phenoxy) is 2. The third-order valence-electron chi connectivity index (χ3n) is 3.70. The molecule has 0 unspecified atom stereocenters. The summed E-state index contributed by atoms with van der Waals surface area (Å²) in [6.45, 7) is 3.97. The summed E-state index contributed by atoms with van der Waals surface area (Å²) in [6.07, 6.45) is 3.82. The van der Waals surface area contributed by atoms with E-state index < -0.39 is 5.60 Å². The van der Waals surface area contributed by atoms with E-state index in [1.165, 1.54) is 0 Å². The van der Waals surface area contributed by atoms with E-state index in [9.17, 15) is 4.79 Å². The molecule has 4 heteroatoms. The molecular formula is C16H23NO3. The first-order valence-electron chi connectivity index (χ1n) is 7.19. The fourth-order valence-corrected chi connectivity index (χ4v) is 2.60. The number of benzene rings is 1. The van der Waals surface area contributed by atoms with Crippen LogP contribution in [-0.2, 0) is 9.53 Å². The molecule has 2 rings (SSSR count). The molecule has 1 saturated carbocycles. The molecule has 1 aromatic rings. The number of carbonyl (C=O) groups is 1. The highest BCUT2D eigenvalue weighted by Gasteiger charge is 2.41. The highest BCUT2D eigenvalue weighted by molar-refractivity contribution is 5.97. The Bertz CT molecular complexity index is 447. The monoisotopic (exact) mass is 277 g/mol. The molecule has 1 fully saturated rings. The van der Waals surface area contributed by atoms with Crippen LogP contribution in [0.4, 0.5) is 5.69 Å². The lowest BCUT2D eigenvalue weighted by atomic mass is 10.0. The van der Waals surface area contributed by atoms with Crippen LogP contribution in [0.5, 0.6) is 5.75 Å². The zero-order chi connectivity index (χ0) is 14.6. The molecule has 0 spiro atoms. The van der Waals surface area contributed by atoms with E-state index >= 15 is 0 Å². The summed E-state index contributed by atoms with van der Waals surface area (Å²) in [6, 6.07) is 7.44. The molecule has 1 amide bonds. The molecule has 0 saturated heterocycles. The van der Waals surface area contributed by atoms with Gasteiger partial charge in [-0.2, -0.15) is 0 Å². The predicted octanol–water partition coefficient (Wildman–Crippen LogP) is 3.37. The van der Waals surface area contributed by atoms with Gasteiger partial charge in [0, 0.05) is 12.8 Å². The zero-order valence-corrected chi connectivity index (χ0v) is 12.4. The van der Waals surface area contributed by atoms with E-state index in [-0.39, 0.29) is 12.0 Å². The standard InChI is InChI=1S/C16H23NO3/c1-12(2)20-14-8-6-13(7-9-14)17-15(18)16(19-3)10-4-5-11-16/h6-9,12H,4-5,10-11H2,1-3H3,(H,17,18). The first-order valence-corrected chi connectivity index (χ1v) is 7.19. The van der Waals surface area contributed by atoms with E-state index in [0.29, 0.717) is 0 Å². The van der Waals surface area contributed by atoms with Crippen LogP contribution < -0.4 is 10.1 Å². The Kier molecular flexibility index (Phi) is 4.65. The lowest BCUT2D eigenvalue weighted by Gasteiger charge is -2.26. The minimum atomic E-state index is -0.646. The normalized spacial score (nSPS) is 17.2. The number of hydrogen-bond donors (Lipinski definition) is 1. The quantitative estimate of drug-likeness (QED) is 0.897. The van der Waals surface area contributed by atoms with Gasteiger partial charge in [0.2, 0.25) is 0 Å². The van der Waals surface area contributed by atoms with Gasteiger partial charge in [0.05, 0.1) is 6.10 Å². The third kappa shape index (κ3) is 3.31. The Morgan fingerprint density at radius 3 is 2.30 bits per heavy atom. The van der Waals surface area contributed by atoms with Crippen molar-refractivity contribution in [3.63, 3.8) is 0 Å². The molecule has 20 heavy (non-hydrogen) atoms. The number of amides is 1. The van der Waals surface area contributed by atoms with Crippen LogP contribution in [0.15, 0.2) is 24.3 Å². The van der Waals surface area contributed by atoms with E-state index in [2.05, 4.69) is 5.32 Å².